The van der Waals surface area contributed by atoms with Crippen LogP contribution in [-0.4, -0.2) is 16.6 Å². The lowest BCUT2D eigenvalue weighted by Gasteiger charge is -2.02. The van der Waals surface area contributed by atoms with Crippen LogP contribution in [0.3, 0.4) is 0 Å². The van der Waals surface area contributed by atoms with Gasteiger partial charge in [-0.3, -0.25) is 0 Å². The summed E-state index contributed by atoms with van der Waals surface area (Å²) >= 11 is 0. The van der Waals surface area contributed by atoms with Crippen LogP contribution in [0.1, 0.15) is 12.6 Å². The van der Waals surface area contributed by atoms with Crippen molar-refractivity contribution in [3.8, 4) is 5.88 Å². The predicted molar refractivity (Wildman–Crippen MR) is 38.0 cm³/mol. The first kappa shape index (κ1) is 8.83. The van der Waals surface area contributed by atoms with Crippen LogP contribution >= 0.6 is 0 Å². The summed E-state index contributed by atoms with van der Waals surface area (Å²) in [6, 6.07) is 1.40. The number of rotatable bonds is 3. The third-order valence-electron chi connectivity index (χ3n) is 1.27. The van der Waals surface area contributed by atoms with Crippen molar-refractivity contribution in [2.24, 2.45) is 0 Å². The molecule has 0 saturated heterocycles. The van der Waals surface area contributed by atoms with Crippen molar-refractivity contribution in [2.75, 3.05) is 0 Å². The standard InChI is InChI=1S/C7H8F2N2O/c1-2-5-3-6(11-4-10-5)12-7(8)9/h3-4,7H,2H2,1H3. The van der Waals surface area contributed by atoms with Crippen molar-refractivity contribution >= 4 is 0 Å². The molecule has 3 nitrogen and oxygen atoms in total. The smallest absolute Gasteiger partial charge is 0.388 e. The summed E-state index contributed by atoms with van der Waals surface area (Å²) in [6.07, 6.45) is 1.87. The maximum absolute atomic E-state index is 11.7. The highest BCUT2D eigenvalue weighted by Gasteiger charge is 2.05. The number of nitrogens with zero attached hydrogens (tertiary/aromatic N) is 2. The zero-order chi connectivity index (χ0) is 8.97. The van der Waals surface area contributed by atoms with E-state index in [1.54, 1.807) is 0 Å². The second kappa shape index (κ2) is 3.94. The van der Waals surface area contributed by atoms with Gasteiger partial charge in [-0.2, -0.15) is 8.78 Å². The van der Waals surface area contributed by atoms with Gasteiger partial charge >= 0.3 is 6.61 Å². The first-order valence-electron chi connectivity index (χ1n) is 3.48. The molecule has 1 aromatic rings. The Morgan fingerprint density at radius 1 is 1.50 bits per heavy atom. The molecule has 0 fully saturated rings. The molecule has 0 radical (unpaired) electrons. The van der Waals surface area contributed by atoms with Gasteiger partial charge in [-0.15, -0.1) is 0 Å². The van der Waals surface area contributed by atoms with E-state index in [1.807, 2.05) is 6.92 Å². The Bertz CT molecular complexity index is 255. The molecule has 5 heteroatoms. The van der Waals surface area contributed by atoms with Crippen LogP contribution in [0.5, 0.6) is 5.88 Å². The lowest BCUT2D eigenvalue weighted by molar-refractivity contribution is -0.0529. The molecule has 12 heavy (non-hydrogen) atoms. The average Bonchev–Trinajstić information content (AvgIpc) is 2.03. The van der Waals surface area contributed by atoms with E-state index in [2.05, 4.69) is 14.7 Å². The number of halogens is 2. The molecule has 66 valence electrons. The van der Waals surface area contributed by atoms with Gasteiger partial charge in [0.25, 0.3) is 0 Å². The van der Waals surface area contributed by atoms with Crippen LogP contribution < -0.4 is 4.74 Å². The van der Waals surface area contributed by atoms with Crippen LogP contribution in [0.2, 0.25) is 0 Å². The fourth-order valence-corrected chi connectivity index (χ4v) is 0.726. The Hall–Kier alpha value is -1.26. The Balaban J connectivity index is 2.72. The highest BCUT2D eigenvalue weighted by atomic mass is 19.3. The van der Waals surface area contributed by atoms with Gasteiger partial charge < -0.3 is 4.74 Å². The molecule has 0 atom stereocenters. The highest BCUT2D eigenvalue weighted by Crippen LogP contribution is 2.10. The molecule has 0 spiro atoms. The van der Waals surface area contributed by atoms with Gasteiger partial charge in [0.2, 0.25) is 5.88 Å². The molecule has 0 aliphatic carbocycles. The molecule has 0 aliphatic rings. The molecule has 1 rings (SSSR count). The third kappa shape index (κ3) is 2.41. The Labute approximate surface area is 68.4 Å². The maximum atomic E-state index is 11.7. The number of aromatic nitrogens is 2. The number of ether oxygens (including phenoxy) is 1. The van der Waals surface area contributed by atoms with Crippen LogP contribution in [0.25, 0.3) is 0 Å². The van der Waals surface area contributed by atoms with Crippen molar-refractivity contribution in [2.45, 2.75) is 20.0 Å². The highest BCUT2D eigenvalue weighted by molar-refractivity contribution is 5.13. The van der Waals surface area contributed by atoms with E-state index >= 15 is 0 Å². The zero-order valence-corrected chi connectivity index (χ0v) is 6.50. The predicted octanol–water partition coefficient (Wildman–Crippen LogP) is 1.64. The normalized spacial score (nSPS) is 10.3. The van der Waals surface area contributed by atoms with Crippen LogP contribution in [0.15, 0.2) is 12.4 Å². The molecule has 0 bridgehead atoms. The van der Waals surface area contributed by atoms with Crippen LogP contribution in [0.4, 0.5) is 8.78 Å². The van der Waals surface area contributed by atoms with Gasteiger partial charge in [0.15, 0.2) is 0 Å². The molecule has 0 aliphatic heterocycles. The van der Waals surface area contributed by atoms with E-state index in [9.17, 15) is 8.78 Å². The largest absolute Gasteiger partial charge is 0.417 e. The van der Waals surface area contributed by atoms with Crippen LogP contribution in [0, 0.1) is 0 Å². The second-order valence-corrected chi connectivity index (χ2v) is 2.08. The first-order valence-corrected chi connectivity index (χ1v) is 3.48. The minimum atomic E-state index is -2.83. The van der Waals surface area contributed by atoms with E-state index < -0.39 is 6.61 Å². The van der Waals surface area contributed by atoms with E-state index in [4.69, 9.17) is 0 Å². The van der Waals surface area contributed by atoms with Gasteiger partial charge in [-0.1, -0.05) is 6.92 Å². The fraction of sp³-hybridized carbons (Fsp3) is 0.429. The molecular formula is C7H8F2N2O. The van der Waals surface area contributed by atoms with Crippen molar-refractivity contribution in [3.63, 3.8) is 0 Å². The summed E-state index contributed by atoms with van der Waals surface area (Å²) in [6.45, 7) is -0.960. The second-order valence-electron chi connectivity index (χ2n) is 2.08. The summed E-state index contributed by atoms with van der Waals surface area (Å²) < 4.78 is 27.4. The summed E-state index contributed by atoms with van der Waals surface area (Å²) in [5.41, 5.74) is 0.681. The van der Waals surface area contributed by atoms with Gasteiger partial charge in [-0.25, -0.2) is 9.97 Å². The molecule has 0 saturated carbocycles. The van der Waals surface area contributed by atoms with Crippen molar-refractivity contribution < 1.29 is 13.5 Å². The SMILES string of the molecule is CCc1cc(OC(F)F)ncn1. The molecular weight excluding hydrogens is 166 g/mol. The summed E-state index contributed by atoms with van der Waals surface area (Å²) in [5.74, 6) is -0.0862. The Morgan fingerprint density at radius 2 is 2.25 bits per heavy atom. The first-order chi connectivity index (χ1) is 5.72. The summed E-state index contributed by atoms with van der Waals surface area (Å²) in [4.78, 5) is 7.34. The number of alkyl halides is 2. The monoisotopic (exact) mass is 174 g/mol. The number of aryl methyl sites for hydroxylation is 1. The van der Waals surface area contributed by atoms with Crippen LogP contribution in [-0.2, 0) is 6.42 Å². The van der Waals surface area contributed by atoms with E-state index in [-0.39, 0.29) is 5.88 Å². The minimum Gasteiger partial charge on any atom is -0.417 e. The summed E-state index contributed by atoms with van der Waals surface area (Å²) in [5, 5.41) is 0. The average molecular weight is 174 g/mol. The van der Waals surface area contributed by atoms with Crippen molar-refractivity contribution in [3.05, 3.63) is 18.1 Å². The summed E-state index contributed by atoms with van der Waals surface area (Å²) in [7, 11) is 0. The molecule has 1 aromatic heterocycles. The van der Waals surface area contributed by atoms with Crippen molar-refractivity contribution in [1.29, 1.82) is 0 Å². The fourth-order valence-electron chi connectivity index (χ4n) is 0.726. The van der Waals surface area contributed by atoms with E-state index in [0.29, 0.717) is 12.1 Å². The van der Waals surface area contributed by atoms with Crippen molar-refractivity contribution in [1.82, 2.24) is 9.97 Å². The van der Waals surface area contributed by atoms with E-state index in [0.717, 1.165) is 0 Å². The molecule has 0 amide bonds. The van der Waals surface area contributed by atoms with Gasteiger partial charge in [0.05, 0.1) is 0 Å². The number of hydrogen-bond acceptors (Lipinski definition) is 3. The molecule has 0 aromatic carbocycles. The van der Waals surface area contributed by atoms with Gasteiger partial charge in [-0.05, 0) is 6.42 Å². The maximum Gasteiger partial charge on any atom is 0.388 e. The number of hydrogen-bond donors (Lipinski definition) is 0. The quantitative estimate of drug-likeness (QED) is 0.698. The minimum absolute atomic E-state index is 0.0862. The lowest BCUT2D eigenvalue weighted by Crippen LogP contribution is -2.04. The zero-order valence-electron chi connectivity index (χ0n) is 6.50. The molecule has 1 heterocycles. The van der Waals surface area contributed by atoms with E-state index in [1.165, 1.54) is 12.4 Å². The molecule has 0 N–H and O–H groups in total. The third-order valence-corrected chi connectivity index (χ3v) is 1.27. The molecule has 0 unspecified atom stereocenters. The lowest BCUT2D eigenvalue weighted by atomic mass is 10.3. The Kier molecular flexibility index (Phi) is 2.90. The topological polar surface area (TPSA) is 35.0 Å². The van der Waals surface area contributed by atoms with Gasteiger partial charge in [0.1, 0.15) is 6.33 Å². The van der Waals surface area contributed by atoms with Gasteiger partial charge in [0, 0.05) is 11.8 Å². The Morgan fingerprint density at radius 3 is 2.83 bits per heavy atom.